The second-order valence-corrected chi connectivity index (χ2v) is 1.77. The van der Waals surface area contributed by atoms with Crippen LogP contribution in [0.2, 0.25) is 0 Å². The topological polar surface area (TPSA) is 31.2 Å². The molecule has 8 heavy (non-hydrogen) atoms. The van der Waals surface area contributed by atoms with Crippen LogP contribution in [0.3, 0.4) is 0 Å². The van der Waals surface area contributed by atoms with Crippen LogP contribution in [0, 0.1) is 0 Å². The molecule has 0 aromatic carbocycles. The first-order chi connectivity index (χ1) is 3.97. The van der Waals surface area contributed by atoms with E-state index in [1.54, 1.807) is 12.7 Å². The average molecular weight is 110 g/mol. The lowest BCUT2D eigenvalue weighted by Gasteiger charge is -2.12. The predicted octanol–water partition coefficient (Wildman–Crippen LogP) is -0.496. The molecule has 42 valence electrons. The molecule has 0 bridgehead atoms. The van der Waals surface area contributed by atoms with Crippen molar-refractivity contribution in [3.63, 3.8) is 0 Å². The van der Waals surface area contributed by atoms with Crippen molar-refractivity contribution in [2.45, 2.75) is 0 Å². The minimum Gasteiger partial charge on any atom is -0.256 e. The summed E-state index contributed by atoms with van der Waals surface area (Å²) in [6.07, 6.45) is 3.55. The van der Waals surface area contributed by atoms with E-state index in [2.05, 4.69) is 9.98 Å². The zero-order valence-corrected chi connectivity index (χ0v) is 4.36. The maximum Gasteiger partial charge on any atom is 0.113 e. The summed E-state index contributed by atoms with van der Waals surface area (Å²) in [6.45, 7) is 1.53. The van der Waals surface area contributed by atoms with E-state index in [-0.39, 0.29) is 0 Å². The number of rotatable bonds is 0. The van der Waals surface area contributed by atoms with E-state index < -0.39 is 0 Å². The normalized spacial score (nSPS) is 25.2. The van der Waals surface area contributed by atoms with Gasteiger partial charge in [0.1, 0.15) is 26.0 Å². The Morgan fingerprint density at radius 2 is 1.75 bits per heavy atom. The zero-order chi connectivity index (χ0) is 5.40. The lowest BCUT2D eigenvalue weighted by atomic mass is 11.0. The molecule has 4 nitrogen and oxygen atoms in total. The van der Waals surface area contributed by atoms with E-state index in [9.17, 15) is 0 Å². The van der Waals surface area contributed by atoms with Crippen molar-refractivity contribution >= 4 is 12.7 Å². The van der Waals surface area contributed by atoms with Crippen LogP contribution >= 0.6 is 0 Å². The van der Waals surface area contributed by atoms with Crippen molar-refractivity contribution < 1.29 is 0 Å². The van der Waals surface area contributed by atoms with Crippen LogP contribution in [0.4, 0.5) is 0 Å². The molecule has 4 heteroatoms. The Bertz CT molecular complexity index is 134. The summed E-state index contributed by atoms with van der Waals surface area (Å²) in [5.41, 5.74) is 0. The lowest BCUT2D eigenvalue weighted by Crippen LogP contribution is -2.30. The second-order valence-electron chi connectivity index (χ2n) is 1.77. The van der Waals surface area contributed by atoms with Gasteiger partial charge in [0.05, 0.1) is 0 Å². The molecular formula is C4H6N4. The monoisotopic (exact) mass is 110 g/mol. The summed E-state index contributed by atoms with van der Waals surface area (Å²) in [7, 11) is 0. The Morgan fingerprint density at radius 3 is 2.25 bits per heavy atom. The standard InChI is InChI=1S/C4H6N4/c1-5-2-8-4-6-3-7(1)8/h1,3H,2,4H2. The Kier molecular flexibility index (Phi) is 0.648. The van der Waals surface area contributed by atoms with E-state index in [0.29, 0.717) is 0 Å². The van der Waals surface area contributed by atoms with Crippen LogP contribution < -0.4 is 0 Å². The summed E-state index contributed by atoms with van der Waals surface area (Å²) in [5.74, 6) is 0. The number of nitrogens with zero attached hydrogens (tertiary/aromatic N) is 4. The molecule has 2 heterocycles. The molecule has 0 unspecified atom stereocenters. The van der Waals surface area contributed by atoms with Gasteiger partial charge in [0.2, 0.25) is 0 Å². The summed E-state index contributed by atoms with van der Waals surface area (Å²) >= 11 is 0. The molecule has 0 aliphatic carbocycles. The maximum atomic E-state index is 4.00. The fourth-order valence-corrected chi connectivity index (χ4v) is 0.795. The molecule has 0 aromatic heterocycles. The van der Waals surface area contributed by atoms with Gasteiger partial charge in [-0.2, -0.15) is 5.01 Å². The molecule has 0 atom stereocenters. The molecule has 0 radical (unpaired) electrons. The van der Waals surface area contributed by atoms with Gasteiger partial charge < -0.3 is 0 Å². The minimum atomic E-state index is 0.764. The van der Waals surface area contributed by atoms with Crippen molar-refractivity contribution in [1.82, 2.24) is 10.0 Å². The van der Waals surface area contributed by atoms with E-state index in [1.165, 1.54) is 0 Å². The zero-order valence-electron chi connectivity index (χ0n) is 4.36. The number of aliphatic imine (C=N–C) groups is 2. The van der Waals surface area contributed by atoms with Gasteiger partial charge in [0.25, 0.3) is 0 Å². The van der Waals surface area contributed by atoms with Crippen LogP contribution in [0.15, 0.2) is 9.98 Å². The first-order valence-corrected chi connectivity index (χ1v) is 2.50. The van der Waals surface area contributed by atoms with Crippen LogP contribution in [0.5, 0.6) is 0 Å². The molecule has 0 aromatic rings. The number of hydrogen-bond donors (Lipinski definition) is 0. The van der Waals surface area contributed by atoms with Crippen molar-refractivity contribution in [3.8, 4) is 0 Å². The van der Waals surface area contributed by atoms with Gasteiger partial charge in [0.15, 0.2) is 0 Å². The van der Waals surface area contributed by atoms with Gasteiger partial charge in [-0.15, -0.1) is 0 Å². The Balaban J connectivity index is 2.22. The number of hydrazine groups is 1. The number of hydrogen-bond acceptors (Lipinski definition) is 4. The molecule has 2 rings (SSSR count). The summed E-state index contributed by atoms with van der Waals surface area (Å²) in [6, 6.07) is 0. The quantitative estimate of drug-likeness (QED) is 0.421. The highest BCUT2D eigenvalue weighted by molar-refractivity contribution is 5.76. The minimum absolute atomic E-state index is 0.764. The molecular weight excluding hydrogens is 104 g/mol. The van der Waals surface area contributed by atoms with Gasteiger partial charge >= 0.3 is 0 Å². The molecule has 0 spiro atoms. The Labute approximate surface area is 47.1 Å². The van der Waals surface area contributed by atoms with Crippen molar-refractivity contribution in [1.29, 1.82) is 0 Å². The highest BCUT2D eigenvalue weighted by Gasteiger charge is 2.17. The summed E-state index contributed by atoms with van der Waals surface area (Å²) < 4.78 is 0. The Morgan fingerprint density at radius 1 is 1.12 bits per heavy atom. The third kappa shape index (κ3) is 0.376. The second kappa shape index (κ2) is 1.29. The average Bonchev–Trinajstić information content (AvgIpc) is 2.15. The molecule has 0 fully saturated rings. The van der Waals surface area contributed by atoms with Crippen molar-refractivity contribution in [2.75, 3.05) is 13.3 Å². The van der Waals surface area contributed by atoms with E-state index >= 15 is 0 Å². The highest BCUT2D eigenvalue weighted by atomic mass is 15.7. The number of fused-ring (bicyclic) bond motifs is 1. The van der Waals surface area contributed by atoms with Crippen LogP contribution in [0.1, 0.15) is 0 Å². The predicted molar refractivity (Wildman–Crippen MR) is 30.4 cm³/mol. The molecule has 0 amide bonds. The molecule has 0 saturated carbocycles. The first kappa shape index (κ1) is 4.03. The molecule has 2 aliphatic heterocycles. The van der Waals surface area contributed by atoms with Crippen LogP contribution in [-0.4, -0.2) is 36.0 Å². The SMILES string of the molecule is C1=NCN2CN=CN12. The van der Waals surface area contributed by atoms with Crippen molar-refractivity contribution in [3.05, 3.63) is 0 Å². The summed E-state index contributed by atoms with van der Waals surface area (Å²) in [4.78, 5) is 8.01. The largest absolute Gasteiger partial charge is 0.256 e. The van der Waals surface area contributed by atoms with Gasteiger partial charge in [0, 0.05) is 0 Å². The fourth-order valence-electron chi connectivity index (χ4n) is 0.795. The summed E-state index contributed by atoms with van der Waals surface area (Å²) in [5, 5.41) is 3.92. The Hall–Kier alpha value is -0.900. The molecule has 0 N–H and O–H groups in total. The maximum absolute atomic E-state index is 4.00. The van der Waals surface area contributed by atoms with E-state index in [4.69, 9.17) is 0 Å². The van der Waals surface area contributed by atoms with Gasteiger partial charge in [-0.3, -0.25) is 9.98 Å². The third-order valence-corrected chi connectivity index (χ3v) is 1.22. The smallest absolute Gasteiger partial charge is 0.113 e. The van der Waals surface area contributed by atoms with Gasteiger partial charge in [-0.1, -0.05) is 0 Å². The van der Waals surface area contributed by atoms with Crippen LogP contribution in [-0.2, 0) is 0 Å². The van der Waals surface area contributed by atoms with Gasteiger partial charge in [-0.25, -0.2) is 5.01 Å². The molecule has 2 aliphatic rings. The molecule has 0 saturated heterocycles. The lowest BCUT2D eigenvalue weighted by molar-refractivity contribution is 0.178. The van der Waals surface area contributed by atoms with Crippen LogP contribution in [0.25, 0.3) is 0 Å². The third-order valence-electron chi connectivity index (χ3n) is 1.22. The fraction of sp³-hybridized carbons (Fsp3) is 0.500. The van der Waals surface area contributed by atoms with Crippen molar-refractivity contribution in [2.24, 2.45) is 9.98 Å². The van der Waals surface area contributed by atoms with Gasteiger partial charge in [-0.05, 0) is 0 Å². The van der Waals surface area contributed by atoms with E-state index in [0.717, 1.165) is 13.3 Å². The highest BCUT2D eigenvalue weighted by Crippen LogP contribution is 2.04. The first-order valence-electron chi connectivity index (χ1n) is 2.50. The van der Waals surface area contributed by atoms with E-state index in [1.807, 2.05) is 10.0 Å².